The van der Waals surface area contributed by atoms with Crippen LogP contribution in [0.1, 0.15) is 37.0 Å². The summed E-state index contributed by atoms with van der Waals surface area (Å²) >= 11 is 0. The lowest BCUT2D eigenvalue weighted by molar-refractivity contribution is -0.116. The number of anilines is 1. The molecule has 0 radical (unpaired) electrons. The highest BCUT2D eigenvalue weighted by Crippen LogP contribution is 2.29. The van der Waals surface area contributed by atoms with Gasteiger partial charge in [-0.3, -0.25) is 4.79 Å². The van der Waals surface area contributed by atoms with Gasteiger partial charge in [-0.25, -0.2) is 4.39 Å². The number of fused-ring (bicyclic) bond motifs is 1. The Labute approximate surface area is 93.3 Å². The number of carbonyl (C=O) groups excluding carboxylic acids is 1. The zero-order valence-corrected chi connectivity index (χ0v) is 9.09. The quantitative estimate of drug-likeness (QED) is 0.807. The second kappa shape index (κ2) is 4.22. The van der Waals surface area contributed by atoms with Crippen LogP contribution in [0.3, 0.4) is 0 Å². The van der Waals surface area contributed by atoms with E-state index in [-0.39, 0.29) is 5.91 Å². The Morgan fingerprint density at radius 1 is 1.50 bits per heavy atom. The lowest BCUT2D eigenvalue weighted by Crippen LogP contribution is -2.19. The maximum Gasteiger partial charge on any atom is 0.224 e. The average Bonchev–Trinajstić information content (AvgIpc) is 2.27. The molecule has 1 heterocycles. The van der Waals surface area contributed by atoms with Crippen molar-refractivity contribution >= 4 is 11.6 Å². The number of benzene rings is 1. The van der Waals surface area contributed by atoms with Gasteiger partial charge < -0.3 is 10.4 Å². The monoisotopic (exact) mass is 223 g/mol. The molecule has 1 aliphatic heterocycles. The van der Waals surface area contributed by atoms with Crippen LogP contribution in [0.4, 0.5) is 10.1 Å². The largest absolute Gasteiger partial charge is 0.388 e. The molecule has 0 unspecified atom stereocenters. The van der Waals surface area contributed by atoms with Crippen molar-refractivity contribution in [2.24, 2.45) is 0 Å². The number of aliphatic hydroxyl groups is 1. The minimum atomic E-state index is -0.775. The van der Waals surface area contributed by atoms with E-state index in [2.05, 4.69) is 5.32 Å². The van der Waals surface area contributed by atoms with E-state index >= 15 is 0 Å². The molecule has 0 saturated carbocycles. The lowest BCUT2D eigenvalue weighted by Gasteiger charge is -2.19. The summed E-state index contributed by atoms with van der Waals surface area (Å²) in [6.45, 7) is 1.80. The molecule has 2 N–H and O–H groups in total. The molecule has 0 aromatic heterocycles. The molecule has 0 aliphatic carbocycles. The second-order valence-corrected chi connectivity index (χ2v) is 4.00. The predicted molar refractivity (Wildman–Crippen MR) is 58.6 cm³/mol. The molecule has 1 aliphatic rings. The summed E-state index contributed by atoms with van der Waals surface area (Å²) in [6, 6.07) is 2.94. The van der Waals surface area contributed by atoms with Crippen LogP contribution < -0.4 is 5.32 Å². The van der Waals surface area contributed by atoms with Gasteiger partial charge in [-0.2, -0.15) is 0 Å². The molecular formula is C12H14FNO2. The van der Waals surface area contributed by atoms with E-state index in [1.165, 1.54) is 6.07 Å². The summed E-state index contributed by atoms with van der Waals surface area (Å²) < 4.78 is 13.6. The molecule has 1 aromatic rings. The Morgan fingerprint density at radius 2 is 2.25 bits per heavy atom. The minimum absolute atomic E-state index is 0.0873. The molecule has 3 nitrogen and oxygen atoms in total. The van der Waals surface area contributed by atoms with E-state index in [0.717, 1.165) is 5.56 Å². The molecular weight excluding hydrogens is 209 g/mol. The Balaban J connectivity index is 2.41. The molecule has 0 spiro atoms. The van der Waals surface area contributed by atoms with Gasteiger partial charge in [-0.1, -0.05) is 6.92 Å². The van der Waals surface area contributed by atoms with Crippen LogP contribution in [-0.2, 0) is 11.2 Å². The van der Waals surface area contributed by atoms with Gasteiger partial charge in [0.15, 0.2) is 0 Å². The van der Waals surface area contributed by atoms with Crippen LogP contribution >= 0.6 is 0 Å². The molecule has 4 heteroatoms. The fourth-order valence-corrected chi connectivity index (χ4v) is 1.90. The number of hydrogen-bond acceptors (Lipinski definition) is 2. The number of amides is 1. The number of halogens is 1. The first-order valence-electron chi connectivity index (χ1n) is 5.42. The molecule has 2 rings (SSSR count). The number of hydrogen-bond donors (Lipinski definition) is 2. The van der Waals surface area contributed by atoms with Crippen molar-refractivity contribution in [1.29, 1.82) is 0 Å². The van der Waals surface area contributed by atoms with Gasteiger partial charge in [0.25, 0.3) is 0 Å². The highest BCUT2D eigenvalue weighted by atomic mass is 19.1. The number of aryl methyl sites for hydroxylation is 1. The van der Waals surface area contributed by atoms with Gasteiger partial charge in [0.05, 0.1) is 6.10 Å². The Morgan fingerprint density at radius 3 is 2.94 bits per heavy atom. The average molecular weight is 223 g/mol. The fourth-order valence-electron chi connectivity index (χ4n) is 1.90. The van der Waals surface area contributed by atoms with Gasteiger partial charge >= 0.3 is 0 Å². The molecule has 0 saturated heterocycles. The number of aliphatic hydroxyl groups excluding tert-OH is 1. The van der Waals surface area contributed by atoms with E-state index in [1.807, 2.05) is 0 Å². The number of rotatable bonds is 2. The molecule has 16 heavy (non-hydrogen) atoms. The van der Waals surface area contributed by atoms with Gasteiger partial charge in [0.2, 0.25) is 5.91 Å². The number of carbonyl (C=O) groups is 1. The van der Waals surface area contributed by atoms with Crippen molar-refractivity contribution in [3.05, 3.63) is 29.1 Å². The zero-order chi connectivity index (χ0) is 11.7. The van der Waals surface area contributed by atoms with Crippen LogP contribution in [0.2, 0.25) is 0 Å². The van der Waals surface area contributed by atoms with Gasteiger partial charge in [0.1, 0.15) is 5.82 Å². The third-order valence-corrected chi connectivity index (χ3v) is 2.86. The predicted octanol–water partition coefficient (Wildman–Crippen LogP) is 2.15. The smallest absolute Gasteiger partial charge is 0.224 e. The normalized spacial score (nSPS) is 16.6. The fraction of sp³-hybridized carbons (Fsp3) is 0.417. The Bertz CT molecular complexity index is 431. The third-order valence-electron chi connectivity index (χ3n) is 2.86. The summed E-state index contributed by atoms with van der Waals surface area (Å²) in [5, 5.41) is 12.3. The van der Waals surface area contributed by atoms with Crippen LogP contribution in [0.5, 0.6) is 0 Å². The Kier molecular flexibility index (Phi) is 2.92. The molecule has 1 atom stereocenters. The molecule has 0 fully saturated rings. The van der Waals surface area contributed by atoms with E-state index in [9.17, 15) is 14.3 Å². The van der Waals surface area contributed by atoms with Crippen LogP contribution in [-0.4, -0.2) is 11.0 Å². The van der Waals surface area contributed by atoms with Crippen molar-refractivity contribution in [2.45, 2.75) is 32.3 Å². The van der Waals surface area contributed by atoms with Gasteiger partial charge in [-0.05, 0) is 30.5 Å². The number of nitrogens with one attached hydrogen (secondary N) is 1. The SMILES string of the molecule is CC[C@@H](O)c1cc2c(cc1F)NC(=O)CC2. The van der Waals surface area contributed by atoms with Crippen molar-refractivity contribution in [3.63, 3.8) is 0 Å². The molecule has 1 aromatic carbocycles. The molecule has 1 amide bonds. The highest BCUT2D eigenvalue weighted by molar-refractivity contribution is 5.93. The summed E-state index contributed by atoms with van der Waals surface area (Å²) in [5.41, 5.74) is 1.74. The first-order valence-corrected chi connectivity index (χ1v) is 5.42. The van der Waals surface area contributed by atoms with Gasteiger partial charge in [-0.15, -0.1) is 0 Å². The van der Waals surface area contributed by atoms with E-state index in [4.69, 9.17) is 0 Å². The summed E-state index contributed by atoms with van der Waals surface area (Å²) in [7, 11) is 0. The first-order chi connectivity index (χ1) is 7.61. The van der Waals surface area contributed by atoms with Crippen LogP contribution in [0, 0.1) is 5.82 Å². The molecule has 86 valence electrons. The maximum atomic E-state index is 13.6. The van der Waals surface area contributed by atoms with E-state index in [0.29, 0.717) is 30.5 Å². The van der Waals surface area contributed by atoms with Gasteiger partial charge in [0, 0.05) is 17.7 Å². The highest BCUT2D eigenvalue weighted by Gasteiger charge is 2.19. The minimum Gasteiger partial charge on any atom is -0.388 e. The van der Waals surface area contributed by atoms with Crippen molar-refractivity contribution in [1.82, 2.24) is 0 Å². The van der Waals surface area contributed by atoms with E-state index < -0.39 is 11.9 Å². The second-order valence-electron chi connectivity index (χ2n) is 4.00. The summed E-state index contributed by atoms with van der Waals surface area (Å²) in [4.78, 5) is 11.1. The standard InChI is InChI=1S/C12H14FNO2/c1-2-11(15)8-5-7-3-4-12(16)14-10(7)6-9(8)13/h5-6,11,15H,2-4H2,1H3,(H,14,16)/t11-/m1/s1. The van der Waals surface area contributed by atoms with Crippen molar-refractivity contribution < 1.29 is 14.3 Å². The third kappa shape index (κ3) is 1.93. The van der Waals surface area contributed by atoms with Crippen molar-refractivity contribution in [3.8, 4) is 0 Å². The van der Waals surface area contributed by atoms with Crippen molar-refractivity contribution in [2.75, 3.05) is 5.32 Å². The van der Waals surface area contributed by atoms with Crippen LogP contribution in [0.25, 0.3) is 0 Å². The first kappa shape index (κ1) is 11.1. The summed E-state index contributed by atoms with van der Waals surface area (Å²) in [5.74, 6) is -0.550. The van der Waals surface area contributed by atoms with Crippen LogP contribution in [0.15, 0.2) is 12.1 Å². The molecule has 0 bridgehead atoms. The lowest BCUT2D eigenvalue weighted by atomic mass is 9.97. The Hall–Kier alpha value is -1.42. The zero-order valence-electron chi connectivity index (χ0n) is 9.09. The topological polar surface area (TPSA) is 49.3 Å². The summed E-state index contributed by atoms with van der Waals surface area (Å²) in [6.07, 6.45) is 0.718. The maximum absolute atomic E-state index is 13.6. The van der Waals surface area contributed by atoms with E-state index in [1.54, 1.807) is 13.0 Å².